The SMILES string of the molecule is CN1CCN(c2ccc(F)cc2C#N)C(CN)C1. The van der Waals surface area contributed by atoms with E-state index in [9.17, 15) is 4.39 Å². The highest BCUT2D eigenvalue weighted by atomic mass is 19.1. The summed E-state index contributed by atoms with van der Waals surface area (Å²) in [7, 11) is 2.05. The number of hydrogen-bond donors (Lipinski definition) is 1. The molecule has 0 saturated carbocycles. The van der Waals surface area contributed by atoms with Crippen LogP contribution in [0.5, 0.6) is 0 Å². The second kappa shape index (κ2) is 5.34. The molecule has 0 aliphatic carbocycles. The monoisotopic (exact) mass is 248 g/mol. The summed E-state index contributed by atoms with van der Waals surface area (Å²) in [6, 6.07) is 6.56. The van der Waals surface area contributed by atoms with Crippen molar-refractivity contribution in [3.63, 3.8) is 0 Å². The highest BCUT2D eigenvalue weighted by molar-refractivity contribution is 5.60. The summed E-state index contributed by atoms with van der Waals surface area (Å²) in [4.78, 5) is 4.32. The first-order valence-electron chi connectivity index (χ1n) is 6.00. The Balaban J connectivity index is 2.33. The smallest absolute Gasteiger partial charge is 0.124 e. The molecule has 96 valence electrons. The molecule has 1 aromatic carbocycles. The molecule has 1 atom stereocenters. The zero-order valence-electron chi connectivity index (χ0n) is 10.4. The number of nitrogens with zero attached hydrogens (tertiary/aromatic N) is 3. The molecule has 0 amide bonds. The molecule has 1 saturated heterocycles. The fourth-order valence-electron chi connectivity index (χ4n) is 2.38. The van der Waals surface area contributed by atoms with Gasteiger partial charge in [0.25, 0.3) is 0 Å². The average Bonchev–Trinajstić information content (AvgIpc) is 2.38. The number of nitrogens with two attached hydrogens (primary N) is 1. The van der Waals surface area contributed by atoms with Crippen LogP contribution in [0.1, 0.15) is 5.56 Å². The molecule has 1 heterocycles. The first kappa shape index (κ1) is 12.8. The van der Waals surface area contributed by atoms with E-state index in [2.05, 4.69) is 22.9 Å². The molecule has 4 nitrogen and oxygen atoms in total. The van der Waals surface area contributed by atoms with Gasteiger partial charge in [0.05, 0.1) is 17.3 Å². The number of benzene rings is 1. The maximum Gasteiger partial charge on any atom is 0.124 e. The average molecular weight is 248 g/mol. The number of anilines is 1. The van der Waals surface area contributed by atoms with Crippen molar-refractivity contribution in [2.24, 2.45) is 5.73 Å². The number of hydrogen-bond acceptors (Lipinski definition) is 4. The lowest BCUT2D eigenvalue weighted by Crippen LogP contribution is -2.55. The Morgan fingerprint density at radius 2 is 2.28 bits per heavy atom. The molecule has 18 heavy (non-hydrogen) atoms. The Hall–Kier alpha value is -1.64. The Morgan fingerprint density at radius 1 is 1.50 bits per heavy atom. The fraction of sp³-hybridized carbons (Fsp3) is 0.462. The van der Waals surface area contributed by atoms with E-state index in [1.165, 1.54) is 12.1 Å². The van der Waals surface area contributed by atoms with Crippen LogP contribution in [0.2, 0.25) is 0 Å². The van der Waals surface area contributed by atoms with Gasteiger partial charge in [-0.2, -0.15) is 5.26 Å². The van der Waals surface area contributed by atoms with E-state index in [1.54, 1.807) is 6.07 Å². The number of halogens is 1. The van der Waals surface area contributed by atoms with Crippen LogP contribution >= 0.6 is 0 Å². The Kier molecular flexibility index (Phi) is 3.80. The normalized spacial score (nSPS) is 20.8. The molecule has 1 aliphatic rings. The van der Waals surface area contributed by atoms with E-state index >= 15 is 0 Å². The van der Waals surface area contributed by atoms with Gasteiger partial charge in [-0.1, -0.05) is 0 Å². The standard InChI is InChI=1S/C13H17FN4/c1-17-4-5-18(12(8-16)9-17)13-3-2-11(14)6-10(13)7-15/h2-3,6,12H,4-5,8-9,16H2,1H3. The van der Waals surface area contributed by atoms with E-state index in [0.717, 1.165) is 25.3 Å². The van der Waals surface area contributed by atoms with Crippen molar-refractivity contribution >= 4 is 5.69 Å². The van der Waals surface area contributed by atoms with Crippen LogP contribution in [-0.4, -0.2) is 44.2 Å². The molecule has 5 heteroatoms. The zero-order valence-corrected chi connectivity index (χ0v) is 10.4. The number of nitriles is 1. The van der Waals surface area contributed by atoms with Gasteiger partial charge in [0, 0.05) is 26.2 Å². The minimum Gasteiger partial charge on any atom is -0.364 e. The first-order valence-corrected chi connectivity index (χ1v) is 6.00. The van der Waals surface area contributed by atoms with Crippen LogP contribution in [-0.2, 0) is 0 Å². The number of rotatable bonds is 2. The molecule has 1 fully saturated rings. The minimum absolute atomic E-state index is 0.168. The molecule has 1 aromatic rings. The van der Waals surface area contributed by atoms with E-state index in [4.69, 9.17) is 11.0 Å². The predicted octanol–water partition coefficient (Wildman–Crippen LogP) is 0.776. The van der Waals surface area contributed by atoms with Crippen molar-refractivity contribution in [2.75, 3.05) is 38.1 Å². The van der Waals surface area contributed by atoms with E-state index in [0.29, 0.717) is 12.1 Å². The van der Waals surface area contributed by atoms with Crippen molar-refractivity contribution in [3.8, 4) is 6.07 Å². The lowest BCUT2D eigenvalue weighted by Gasteiger charge is -2.41. The largest absolute Gasteiger partial charge is 0.364 e. The molecule has 0 aromatic heterocycles. The summed E-state index contributed by atoms with van der Waals surface area (Å²) < 4.78 is 13.1. The number of piperazine rings is 1. The van der Waals surface area contributed by atoms with Crippen LogP contribution in [0, 0.1) is 17.1 Å². The van der Waals surface area contributed by atoms with Gasteiger partial charge in [-0.3, -0.25) is 0 Å². The zero-order chi connectivity index (χ0) is 13.1. The maximum atomic E-state index is 13.1. The molecule has 2 rings (SSSR count). The summed E-state index contributed by atoms with van der Waals surface area (Å²) in [6.45, 7) is 3.10. The summed E-state index contributed by atoms with van der Waals surface area (Å²) in [6.07, 6.45) is 0. The molecule has 1 aliphatic heterocycles. The van der Waals surface area contributed by atoms with Gasteiger partial charge in [-0.15, -0.1) is 0 Å². The van der Waals surface area contributed by atoms with Gasteiger partial charge in [-0.25, -0.2) is 4.39 Å². The Morgan fingerprint density at radius 3 is 2.94 bits per heavy atom. The first-order chi connectivity index (χ1) is 8.65. The molecule has 0 bridgehead atoms. The van der Waals surface area contributed by atoms with Crippen molar-refractivity contribution < 1.29 is 4.39 Å². The Bertz CT molecular complexity index is 469. The second-order valence-corrected chi connectivity index (χ2v) is 4.62. The van der Waals surface area contributed by atoms with Gasteiger partial charge in [-0.05, 0) is 25.2 Å². The van der Waals surface area contributed by atoms with Crippen molar-refractivity contribution in [1.82, 2.24) is 4.90 Å². The second-order valence-electron chi connectivity index (χ2n) is 4.62. The topological polar surface area (TPSA) is 56.3 Å². The molecule has 1 unspecified atom stereocenters. The van der Waals surface area contributed by atoms with Crippen LogP contribution < -0.4 is 10.6 Å². The highest BCUT2D eigenvalue weighted by Gasteiger charge is 2.25. The summed E-state index contributed by atoms with van der Waals surface area (Å²) in [5.41, 5.74) is 6.94. The van der Waals surface area contributed by atoms with E-state index in [-0.39, 0.29) is 11.9 Å². The van der Waals surface area contributed by atoms with Crippen LogP contribution in [0.3, 0.4) is 0 Å². The summed E-state index contributed by atoms with van der Waals surface area (Å²) in [5, 5.41) is 9.10. The quantitative estimate of drug-likeness (QED) is 0.840. The molecule has 0 radical (unpaired) electrons. The summed E-state index contributed by atoms with van der Waals surface area (Å²) in [5.74, 6) is -0.381. The molecule has 2 N–H and O–H groups in total. The van der Waals surface area contributed by atoms with Crippen molar-refractivity contribution in [3.05, 3.63) is 29.6 Å². The molecular weight excluding hydrogens is 231 g/mol. The van der Waals surface area contributed by atoms with Crippen LogP contribution in [0.15, 0.2) is 18.2 Å². The third-order valence-electron chi connectivity index (χ3n) is 3.35. The minimum atomic E-state index is -0.381. The fourth-order valence-corrected chi connectivity index (χ4v) is 2.38. The summed E-state index contributed by atoms with van der Waals surface area (Å²) >= 11 is 0. The third kappa shape index (κ3) is 2.45. The van der Waals surface area contributed by atoms with Gasteiger partial charge in [0.2, 0.25) is 0 Å². The lowest BCUT2D eigenvalue weighted by molar-refractivity contribution is 0.269. The van der Waals surface area contributed by atoms with E-state index < -0.39 is 0 Å². The van der Waals surface area contributed by atoms with E-state index in [1.807, 2.05) is 0 Å². The van der Waals surface area contributed by atoms with Crippen LogP contribution in [0.25, 0.3) is 0 Å². The highest BCUT2D eigenvalue weighted by Crippen LogP contribution is 2.24. The number of likely N-dealkylation sites (N-methyl/N-ethyl adjacent to an activating group) is 1. The molecular formula is C13H17FN4. The van der Waals surface area contributed by atoms with Gasteiger partial charge < -0.3 is 15.5 Å². The van der Waals surface area contributed by atoms with Crippen LogP contribution in [0.4, 0.5) is 10.1 Å². The third-order valence-corrected chi connectivity index (χ3v) is 3.35. The predicted molar refractivity (Wildman–Crippen MR) is 68.8 cm³/mol. The lowest BCUT2D eigenvalue weighted by atomic mass is 10.1. The Labute approximate surface area is 106 Å². The maximum absolute atomic E-state index is 13.1. The van der Waals surface area contributed by atoms with Crippen molar-refractivity contribution in [1.29, 1.82) is 5.26 Å². The van der Waals surface area contributed by atoms with Gasteiger partial charge in [0.15, 0.2) is 0 Å². The van der Waals surface area contributed by atoms with Crippen molar-refractivity contribution in [2.45, 2.75) is 6.04 Å². The van der Waals surface area contributed by atoms with Gasteiger partial charge in [0.1, 0.15) is 11.9 Å². The van der Waals surface area contributed by atoms with Gasteiger partial charge >= 0.3 is 0 Å². The molecule has 0 spiro atoms.